The molecule has 0 spiro atoms. The molecule has 2 heterocycles. The Morgan fingerprint density at radius 1 is 1.47 bits per heavy atom. The molecule has 0 atom stereocenters. The van der Waals surface area contributed by atoms with Crippen LogP contribution in [0.4, 0.5) is 4.79 Å². The second kappa shape index (κ2) is 3.53. The van der Waals surface area contributed by atoms with Gasteiger partial charge in [-0.05, 0) is 25.0 Å². The first-order valence-electron chi connectivity index (χ1n) is 4.90. The standard InChI is InChI=1S/C11H14N2O2/c1-7-4-9-5-13(11(14)15-3)6-10(9)12-8(7)2/h4H,5-6H2,1-3H3. The summed E-state index contributed by atoms with van der Waals surface area (Å²) in [7, 11) is 1.40. The van der Waals surface area contributed by atoms with Gasteiger partial charge in [0, 0.05) is 5.69 Å². The van der Waals surface area contributed by atoms with Gasteiger partial charge in [-0.2, -0.15) is 0 Å². The number of aromatic nitrogens is 1. The number of rotatable bonds is 0. The maximum Gasteiger partial charge on any atom is 0.410 e. The van der Waals surface area contributed by atoms with Crippen molar-refractivity contribution in [2.24, 2.45) is 0 Å². The van der Waals surface area contributed by atoms with Crippen molar-refractivity contribution in [3.63, 3.8) is 0 Å². The van der Waals surface area contributed by atoms with Gasteiger partial charge in [0.1, 0.15) is 0 Å². The summed E-state index contributed by atoms with van der Waals surface area (Å²) in [5, 5.41) is 0. The number of aryl methyl sites for hydroxylation is 2. The Morgan fingerprint density at radius 2 is 2.20 bits per heavy atom. The molecule has 1 aliphatic rings. The SMILES string of the molecule is COC(=O)N1Cc2cc(C)c(C)nc2C1. The zero-order chi connectivity index (χ0) is 11.0. The molecule has 2 rings (SSSR count). The molecule has 0 aliphatic carbocycles. The maximum absolute atomic E-state index is 11.3. The lowest BCUT2D eigenvalue weighted by atomic mass is 10.1. The molecule has 0 saturated carbocycles. The highest BCUT2D eigenvalue weighted by atomic mass is 16.5. The summed E-state index contributed by atoms with van der Waals surface area (Å²) < 4.78 is 4.69. The van der Waals surface area contributed by atoms with E-state index in [1.807, 2.05) is 13.8 Å². The summed E-state index contributed by atoms with van der Waals surface area (Å²) >= 11 is 0. The van der Waals surface area contributed by atoms with Gasteiger partial charge in [0.15, 0.2) is 0 Å². The summed E-state index contributed by atoms with van der Waals surface area (Å²) in [6.45, 7) is 5.18. The van der Waals surface area contributed by atoms with Crippen molar-refractivity contribution in [1.29, 1.82) is 0 Å². The van der Waals surface area contributed by atoms with Crippen LogP contribution in [0.25, 0.3) is 0 Å². The van der Waals surface area contributed by atoms with Crippen LogP contribution >= 0.6 is 0 Å². The van der Waals surface area contributed by atoms with E-state index in [9.17, 15) is 4.79 Å². The third kappa shape index (κ3) is 1.67. The van der Waals surface area contributed by atoms with E-state index in [4.69, 9.17) is 0 Å². The molecule has 0 radical (unpaired) electrons. The molecular weight excluding hydrogens is 192 g/mol. The van der Waals surface area contributed by atoms with Gasteiger partial charge in [0.2, 0.25) is 0 Å². The van der Waals surface area contributed by atoms with Gasteiger partial charge < -0.3 is 4.74 Å². The quantitative estimate of drug-likeness (QED) is 0.649. The van der Waals surface area contributed by atoms with Crippen molar-refractivity contribution in [1.82, 2.24) is 9.88 Å². The normalized spacial score (nSPS) is 13.9. The maximum atomic E-state index is 11.3. The number of carbonyl (C=O) groups excluding carboxylic acids is 1. The monoisotopic (exact) mass is 206 g/mol. The molecule has 0 unspecified atom stereocenters. The Bertz CT molecular complexity index is 384. The van der Waals surface area contributed by atoms with Crippen LogP contribution < -0.4 is 0 Å². The fourth-order valence-corrected chi connectivity index (χ4v) is 1.79. The fourth-order valence-electron chi connectivity index (χ4n) is 1.79. The summed E-state index contributed by atoms with van der Waals surface area (Å²) in [6.07, 6.45) is -0.289. The summed E-state index contributed by atoms with van der Waals surface area (Å²) in [5.74, 6) is 0. The molecule has 1 aromatic heterocycles. The number of hydrogen-bond acceptors (Lipinski definition) is 3. The van der Waals surface area contributed by atoms with E-state index < -0.39 is 0 Å². The van der Waals surface area contributed by atoms with Crippen LogP contribution in [0.5, 0.6) is 0 Å². The van der Waals surface area contributed by atoms with Gasteiger partial charge in [0.05, 0.1) is 25.9 Å². The highest BCUT2D eigenvalue weighted by molar-refractivity contribution is 5.68. The summed E-state index contributed by atoms with van der Waals surface area (Å²) in [4.78, 5) is 17.4. The Labute approximate surface area is 88.9 Å². The number of carbonyl (C=O) groups is 1. The summed E-state index contributed by atoms with van der Waals surface area (Å²) in [6, 6.07) is 2.10. The Morgan fingerprint density at radius 3 is 2.87 bits per heavy atom. The molecule has 4 heteroatoms. The van der Waals surface area contributed by atoms with E-state index in [0.29, 0.717) is 13.1 Å². The minimum atomic E-state index is -0.289. The van der Waals surface area contributed by atoms with Gasteiger partial charge in [-0.3, -0.25) is 9.88 Å². The lowest BCUT2D eigenvalue weighted by Crippen LogP contribution is -2.24. The van der Waals surface area contributed by atoms with Crippen molar-refractivity contribution in [2.45, 2.75) is 26.9 Å². The van der Waals surface area contributed by atoms with Crippen LogP contribution in [0, 0.1) is 13.8 Å². The predicted octanol–water partition coefficient (Wildman–Crippen LogP) is 1.78. The van der Waals surface area contributed by atoms with Crippen molar-refractivity contribution >= 4 is 6.09 Å². The molecule has 1 aliphatic heterocycles. The van der Waals surface area contributed by atoms with Crippen LogP contribution in [-0.2, 0) is 17.8 Å². The largest absolute Gasteiger partial charge is 0.453 e. The van der Waals surface area contributed by atoms with E-state index in [1.54, 1.807) is 4.90 Å². The van der Waals surface area contributed by atoms with Gasteiger partial charge in [0.25, 0.3) is 0 Å². The van der Waals surface area contributed by atoms with Gasteiger partial charge in [-0.25, -0.2) is 4.79 Å². The Hall–Kier alpha value is -1.58. The first-order chi connectivity index (χ1) is 7.11. The second-order valence-corrected chi connectivity index (χ2v) is 3.82. The van der Waals surface area contributed by atoms with Crippen molar-refractivity contribution in [2.75, 3.05) is 7.11 Å². The van der Waals surface area contributed by atoms with Crippen LogP contribution in [0.1, 0.15) is 22.5 Å². The molecular formula is C11H14N2O2. The second-order valence-electron chi connectivity index (χ2n) is 3.82. The first-order valence-corrected chi connectivity index (χ1v) is 4.90. The molecule has 1 aromatic rings. The predicted molar refractivity (Wildman–Crippen MR) is 55.4 cm³/mol. The molecule has 0 aromatic carbocycles. The van der Waals surface area contributed by atoms with Gasteiger partial charge in [-0.15, -0.1) is 0 Å². The zero-order valence-electron chi connectivity index (χ0n) is 9.20. The molecule has 4 nitrogen and oxygen atoms in total. The average molecular weight is 206 g/mol. The van der Waals surface area contributed by atoms with Crippen LogP contribution in [0.3, 0.4) is 0 Å². The minimum absolute atomic E-state index is 0.289. The van der Waals surface area contributed by atoms with E-state index in [2.05, 4.69) is 15.8 Å². The molecule has 80 valence electrons. The molecule has 0 bridgehead atoms. The van der Waals surface area contributed by atoms with Crippen molar-refractivity contribution < 1.29 is 9.53 Å². The molecule has 0 fully saturated rings. The molecule has 0 N–H and O–H groups in total. The molecule has 1 amide bonds. The third-order valence-electron chi connectivity index (χ3n) is 2.77. The molecule has 15 heavy (non-hydrogen) atoms. The van der Waals surface area contributed by atoms with Crippen LogP contribution in [-0.4, -0.2) is 23.1 Å². The number of methoxy groups -OCH3 is 1. The van der Waals surface area contributed by atoms with E-state index in [1.165, 1.54) is 12.7 Å². The number of ether oxygens (including phenoxy) is 1. The number of hydrogen-bond donors (Lipinski definition) is 0. The van der Waals surface area contributed by atoms with E-state index >= 15 is 0 Å². The lowest BCUT2D eigenvalue weighted by Gasteiger charge is -2.11. The fraction of sp³-hybridized carbons (Fsp3) is 0.455. The number of nitrogens with zero attached hydrogens (tertiary/aromatic N) is 2. The molecule has 0 saturated heterocycles. The van der Waals surface area contributed by atoms with Crippen molar-refractivity contribution in [3.05, 3.63) is 28.6 Å². The average Bonchev–Trinajstić information content (AvgIpc) is 2.60. The zero-order valence-corrected chi connectivity index (χ0v) is 9.20. The highest BCUT2D eigenvalue weighted by Crippen LogP contribution is 2.23. The number of amides is 1. The number of pyridine rings is 1. The van der Waals surface area contributed by atoms with Gasteiger partial charge >= 0.3 is 6.09 Å². The summed E-state index contributed by atoms with van der Waals surface area (Å²) in [5.41, 5.74) is 4.31. The van der Waals surface area contributed by atoms with E-state index in [0.717, 1.165) is 17.0 Å². The highest BCUT2D eigenvalue weighted by Gasteiger charge is 2.25. The van der Waals surface area contributed by atoms with Gasteiger partial charge in [-0.1, -0.05) is 6.07 Å². The minimum Gasteiger partial charge on any atom is -0.453 e. The first kappa shape index (κ1) is 9.96. The Balaban J connectivity index is 2.27. The van der Waals surface area contributed by atoms with Crippen LogP contribution in [0.2, 0.25) is 0 Å². The number of fused-ring (bicyclic) bond motifs is 1. The van der Waals surface area contributed by atoms with Crippen molar-refractivity contribution in [3.8, 4) is 0 Å². The third-order valence-corrected chi connectivity index (χ3v) is 2.77. The lowest BCUT2D eigenvalue weighted by molar-refractivity contribution is 0.123. The van der Waals surface area contributed by atoms with E-state index in [-0.39, 0.29) is 6.09 Å². The van der Waals surface area contributed by atoms with Crippen LogP contribution in [0.15, 0.2) is 6.07 Å². The Kier molecular flexibility index (Phi) is 2.34. The smallest absolute Gasteiger partial charge is 0.410 e. The topological polar surface area (TPSA) is 42.4 Å².